The van der Waals surface area contributed by atoms with Crippen LogP contribution >= 0.6 is 11.5 Å². The molecule has 1 aromatic heterocycles. The summed E-state index contributed by atoms with van der Waals surface area (Å²) in [5.74, 6) is 1.14. The third kappa shape index (κ3) is 2.48. The van der Waals surface area contributed by atoms with Crippen molar-refractivity contribution < 1.29 is 0 Å². The molecule has 1 aromatic rings. The highest BCUT2D eigenvalue weighted by molar-refractivity contribution is 7.05. The first-order valence-corrected chi connectivity index (χ1v) is 5.26. The summed E-state index contributed by atoms with van der Waals surface area (Å²) in [7, 11) is 0. The van der Waals surface area contributed by atoms with Gasteiger partial charge in [0.1, 0.15) is 0 Å². The van der Waals surface area contributed by atoms with E-state index in [9.17, 15) is 0 Å². The molecule has 1 aliphatic heterocycles. The van der Waals surface area contributed by atoms with Crippen molar-refractivity contribution in [2.45, 2.75) is 25.8 Å². The Kier molecular flexibility index (Phi) is 2.86. The minimum Gasteiger partial charge on any atom is -0.369 e. The predicted molar refractivity (Wildman–Crippen MR) is 52.9 cm³/mol. The van der Waals surface area contributed by atoms with E-state index in [2.05, 4.69) is 19.9 Å². The van der Waals surface area contributed by atoms with Crippen molar-refractivity contribution in [1.82, 2.24) is 14.9 Å². The zero-order valence-corrected chi connectivity index (χ0v) is 8.18. The second kappa shape index (κ2) is 4.32. The fourth-order valence-electron chi connectivity index (χ4n) is 1.30. The van der Waals surface area contributed by atoms with Gasteiger partial charge < -0.3 is 5.32 Å². The first kappa shape index (κ1) is 8.62. The topological polar surface area (TPSA) is 50.2 Å². The minimum atomic E-state index is 0.816. The fraction of sp³-hybridized carbons (Fsp3) is 0.625. The molecule has 2 heterocycles. The zero-order valence-electron chi connectivity index (χ0n) is 7.36. The predicted octanol–water partition coefficient (Wildman–Crippen LogP) is 1.21. The molecule has 1 N–H and O–H groups in total. The lowest BCUT2D eigenvalue weighted by atomic mass is 10.2. The Balaban J connectivity index is 1.82. The van der Waals surface area contributed by atoms with Gasteiger partial charge in [0, 0.05) is 13.0 Å². The van der Waals surface area contributed by atoms with Crippen LogP contribution in [0, 0.1) is 0 Å². The van der Waals surface area contributed by atoms with E-state index in [1.54, 1.807) is 6.20 Å². The van der Waals surface area contributed by atoms with Crippen LogP contribution in [0.2, 0.25) is 0 Å². The lowest BCUT2D eigenvalue weighted by Gasteiger charge is -2.12. The van der Waals surface area contributed by atoms with Crippen LogP contribution in [0.25, 0.3) is 0 Å². The molecule has 0 amide bonds. The maximum absolute atomic E-state index is 4.40. The summed E-state index contributed by atoms with van der Waals surface area (Å²) in [5, 5.41) is 7.08. The van der Waals surface area contributed by atoms with Crippen molar-refractivity contribution in [1.29, 1.82) is 0 Å². The molecule has 13 heavy (non-hydrogen) atoms. The van der Waals surface area contributed by atoms with E-state index in [4.69, 9.17) is 0 Å². The van der Waals surface area contributed by atoms with Gasteiger partial charge in [0.05, 0.1) is 23.5 Å². The first-order chi connectivity index (χ1) is 6.45. The van der Waals surface area contributed by atoms with Crippen molar-refractivity contribution in [2.24, 2.45) is 4.99 Å². The summed E-state index contributed by atoms with van der Waals surface area (Å²) in [5.41, 5.74) is 0. The van der Waals surface area contributed by atoms with Gasteiger partial charge in [0.2, 0.25) is 0 Å². The normalized spacial score (nSPS) is 16.8. The number of rotatable bonds is 2. The third-order valence-corrected chi connectivity index (χ3v) is 2.66. The molecule has 1 aliphatic rings. The molecule has 0 atom stereocenters. The summed E-state index contributed by atoms with van der Waals surface area (Å²) >= 11 is 1.43. The van der Waals surface area contributed by atoms with Gasteiger partial charge in [0.25, 0.3) is 0 Å². The van der Waals surface area contributed by atoms with Crippen molar-refractivity contribution in [2.75, 3.05) is 6.54 Å². The Hall–Kier alpha value is -0.970. The highest BCUT2D eigenvalue weighted by Gasteiger charge is 2.04. The van der Waals surface area contributed by atoms with Gasteiger partial charge in [-0.15, -0.1) is 5.10 Å². The zero-order chi connectivity index (χ0) is 8.93. The standard InChI is InChI=1S/C8H12N4S/c1-2-4-9-8(3-1)10-5-7-6-11-12-13-7/h6H,1-5H2,(H,9,10). The smallest absolute Gasteiger partial charge is 0.0965 e. The van der Waals surface area contributed by atoms with Gasteiger partial charge in [-0.05, 0) is 24.4 Å². The summed E-state index contributed by atoms with van der Waals surface area (Å²) < 4.78 is 3.80. The molecule has 5 heteroatoms. The Morgan fingerprint density at radius 1 is 1.46 bits per heavy atom. The number of hydrogen-bond acceptors (Lipinski definition) is 5. The Bertz CT molecular complexity index is 280. The van der Waals surface area contributed by atoms with Gasteiger partial charge in [-0.1, -0.05) is 4.49 Å². The molecule has 4 nitrogen and oxygen atoms in total. The molecule has 0 radical (unpaired) electrons. The van der Waals surface area contributed by atoms with Crippen molar-refractivity contribution in [3.63, 3.8) is 0 Å². The van der Waals surface area contributed by atoms with Gasteiger partial charge in [-0.3, -0.25) is 4.99 Å². The molecule has 0 unspecified atom stereocenters. The van der Waals surface area contributed by atoms with E-state index in [0.29, 0.717) is 0 Å². The number of nitrogens with zero attached hydrogens (tertiary/aromatic N) is 3. The molecule has 70 valence electrons. The van der Waals surface area contributed by atoms with Crippen LogP contribution in [-0.2, 0) is 6.54 Å². The summed E-state index contributed by atoms with van der Waals surface area (Å²) in [6.07, 6.45) is 5.37. The number of aromatic nitrogens is 2. The second-order valence-electron chi connectivity index (χ2n) is 3.02. The van der Waals surface area contributed by atoms with Crippen LogP contribution in [0.15, 0.2) is 11.2 Å². The lowest BCUT2D eigenvalue weighted by Crippen LogP contribution is -2.24. The van der Waals surface area contributed by atoms with Crippen LogP contribution in [0.3, 0.4) is 0 Å². The molecular weight excluding hydrogens is 184 g/mol. The molecule has 0 saturated carbocycles. The molecule has 0 aliphatic carbocycles. The number of nitrogens with one attached hydrogen (secondary N) is 1. The fourth-order valence-corrected chi connectivity index (χ4v) is 1.73. The lowest BCUT2D eigenvalue weighted by molar-refractivity contribution is 0.707. The largest absolute Gasteiger partial charge is 0.369 e. The van der Waals surface area contributed by atoms with Crippen LogP contribution in [0.5, 0.6) is 0 Å². The van der Waals surface area contributed by atoms with Crippen LogP contribution < -0.4 is 5.32 Å². The molecule has 0 fully saturated rings. The van der Waals surface area contributed by atoms with Gasteiger partial charge >= 0.3 is 0 Å². The van der Waals surface area contributed by atoms with E-state index in [-0.39, 0.29) is 0 Å². The Morgan fingerprint density at radius 3 is 3.15 bits per heavy atom. The third-order valence-electron chi connectivity index (χ3n) is 2.00. The molecule has 2 rings (SSSR count). The molecular formula is C8H12N4S. The first-order valence-electron chi connectivity index (χ1n) is 4.48. The van der Waals surface area contributed by atoms with Crippen molar-refractivity contribution in [3.05, 3.63) is 11.1 Å². The summed E-state index contributed by atoms with van der Waals surface area (Å²) in [6.45, 7) is 1.79. The maximum Gasteiger partial charge on any atom is 0.0965 e. The van der Waals surface area contributed by atoms with Crippen LogP contribution in [-0.4, -0.2) is 22.0 Å². The average Bonchev–Trinajstić information content (AvgIpc) is 2.69. The van der Waals surface area contributed by atoms with E-state index < -0.39 is 0 Å². The second-order valence-corrected chi connectivity index (χ2v) is 3.89. The van der Waals surface area contributed by atoms with E-state index >= 15 is 0 Å². The van der Waals surface area contributed by atoms with Gasteiger partial charge in [0.15, 0.2) is 0 Å². The highest BCUT2D eigenvalue weighted by atomic mass is 32.1. The number of aliphatic imine (C=N–C) groups is 1. The van der Waals surface area contributed by atoms with E-state index in [1.165, 1.54) is 24.4 Å². The van der Waals surface area contributed by atoms with Crippen LogP contribution in [0.4, 0.5) is 0 Å². The van der Waals surface area contributed by atoms with Crippen LogP contribution in [0.1, 0.15) is 24.1 Å². The van der Waals surface area contributed by atoms with Crippen molar-refractivity contribution >= 4 is 17.4 Å². The van der Waals surface area contributed by atoms with Gasteiger partial charge in [-0.25, -0.2) is 0 Å². The minimum absolute atomic E-state index is 0.816. The van der Waals surface area contributed by atoms with E-state index in [0.717, 1.165) is 30.2 Å². The highest BCUT2D eigenvalue weighted by Crippen LogP contribution is 2.06. The monoisotopic (exact) mass is 196 g/mol. The number of hydrogen-bond donors (Lipinski definition) is 1. The molecule has 0 aromatic carbocycles. The molecule has 0 bridgehead atoms. The van der Waals surface area contributed by atoms with Gasteiger partial charge in [-0.2, -0.15) is 0 Å². The number of amidine groups is 1. The average molecular weight is 196 g/mol. The molecule has 0 saturated heterocycles. The molecule has 0 spiro atoms. The summed E-state index contributed by atoms with van der Waals surface area (Å²) in [6, 6.07) is 0. The van der Waals surface area contributed by atoms with E-state index in [1.807, 2.05) is 0 Å². The van der Waals surface area contributed by atoms with Crippen molar-refractivity contribution in [3.8, 4) is 0 Å². The summed E-state index contributed by atoms with van der Waals surface area (Å²) in [4.78, 5) is 5.56. The maximum atomic E-state index is 4.40. The Labute approximate surface area is 81.2 Å². The Morgan fingerprint density at radius 2 is 2.46 bits per heavy atom. The quantitative estimate of drug-likeness (QED) is 0.773. The SMILES string of the molecule is c1nnsc1CNC1=NCCCC1.